The van der Waals surface area contributed by atoms with Crippen molar-refractivity contribution >= 4 is 17.7 Å². The van der Waals surface area contributed by atoms with Gasteiger partial charge in [-0.25, -0.2) is 4.79 Å². The molecule has 8 heteroatoms. The van der Waals surface area contributed by atoms with Crippen LogP contribution in [0.4, 0.5) is 10.5 Å². The first-order valence-electron chi connectivity index (χ1n) is 13.3. The number of carbonyl (C=O) groups is 2. The summed E-state index contributed by atoms with van der Waals surface area (Å²) in [5, 5.41) is 2.92. The van der Waals surface area contributed by atoms with E-state index in [0.717, 1.165) is 63.2 Å². The molecule has 2 aliphatic heterocycles. The molecule has 0 unspecified atom stereocenters. The van der Waals surface area contributed by atoms with Crippen LogP contribution in [0.25, 0.3) is 0 Å². The first kappa shape index (κ1) is 25.9. The van der Waals surface area contributed by atoms with Gasteiger partial charge in [0, 0.05) is 44.3 Å². The van der Waals surface area contributed by atoms with Crippen molar-refractivity contribution < 1.29 is 14.3 Å². The molecule has 1 N–H and O–H groups in total. The van der Waals surface area contributed by atoms with E-state index >= 15 is 0 Å². The number of ether oxygens (including phenoxy) is 1. The third-order valence-electron chi connectivity index (χ3n) is 7.24. The lowest BCUT2D eigenvalue weighted by Crippen LogP contribution is -2.55. The van der Waals surface area contributed by atoms with Crippen LogP contribution in [0.1, 0.15) is 38.2 Å². The number of hydrogen-bond donors (Lipinski definition) is 1. The van der Waals surface area contributed by atoms with Gasteiger partial charge in [0.25, 0.3) is 0 Å². The van der Waals surface area contributed by atoms with Gasteiger partial charge in [0.1, 0.15) is 12.6 Å². The fourth-order valence-corrected chi connectivity index (χ4v) is 5.18. The molecule has 1 aromatic carbocycles. The van der Waals surface area contributed by atoms with Crippen LogP contribution in [-0.4, -0.2) is 78.6 Å². The Morgan fingerprint density at radius 3 is 2.36 bits per heavy atom. The SMILES string of the molecule is CCCN1CCC(C[C@H](NC(=O)OCc2ccccc2)C(=O)N2CCN(c3ccncc3)CC2)CC1. The molecule has 8 nitrogen and oxygen atoms in total. The van der Waals surface area contributed by atoms with Crippen LogP contribution in [0.2, 0.25) is 0 Å². The lowest BCUT2D eigenvalue weighted by Gasteiger charge is -2.38. The van der Waals surface area contributed by atoms with Crippen LogP contribution >= 0.6 is 0 Å². The number of nitrogens with one attached hydrogen (secondary N) is 1. The topological polar surface area (TPSA) is 78.0 Å². The van der Waals surface area contributed by atoms with Gasteiger partial charge in [-0.1, -0.05) is 37.3 Å². The number of piperidine rings is 1. The number of pyridine rings is 1. The van der Waals surface area contributed by atoms with Gasteiger partial charge in [-0.2, -0.15) is 0 Å². The number of anilines is 1. The maximum absolute atomic E-state index is 13.6. The van der Waals surface area contributed by atoms with Crippen LogP contribution in [0.3, 0.4) is 0 Å². The fraction of sp³-hybridized carbons (Fsp3) is 0.536. The summed E-state index contributed by atoms with van der Waals surface area (Å²) >= 11 is 0. The van der Waals surface area contributed by atoms with Gasteiger partial charge >= 0.3 is 6.09 Å². The van der Waals surface area contributed by atoms with E-state index in [1.165, 1.54) is 0 Å². The van der Waals surface area contributed by atoms with Gasteiger partial charge < -0.3 is 24.8 Å². The molecule has 1 atom stereocenters. The van der Waals surface area contributed by atoms with Crippen molar-refractivity contribution in [3.8, 4) is 0 Å². The molecule has 0 radical (unpaired) electrons. The van der Waals surface area contributed by atoms with E-state index in [4.69, 9.17) is 4.74 Å². The van der Waals surface area contributed by atoms with Crippen molar-refractivity contribution in [2.45, 2.75) is 45.3 Å². The van der Waals surface area contributed by atoms with Crippen LogP contribution in [0, 0.1) is 5.92 Å². The number of aromatic nitrogens is 1. The van der Waals surface area contributed by atoms with Gasteiger partial charge in [0.05, 0.1) is 0 Å². The van der Waals surface area contributed by atoms with E-state index in [1.807, 2.05) is 47.4 Å². The molecule has 2 aliphatic rings. The lowest BCUT2D eigenvalue weighted by atomic mass is 9.89. The summed E-state index contributed by atoms with van der Waals surface area (Å²) in [6.45, 7) is 8.42. The molecular formula is C28H39N5O3. The molecule has 2 fully saturated rings. The Hall–Kier alpha value is -3.13. The standard InChI is InChI=1S/C28H39N5O3/c1-2-14-31-15-10-23(11-16-31)21-26(30-28(35)36-22-24-6-4-3-5-7-24)27(34)33-19-17-32(18-20-33)25-8-12-29-13-9-25/h3-9,12-13,23,26H,2,10-11,14-22H2,1H3,(H,30,35)/t26-/m0/s1. The van der Waals surface area contributed by atoms with Gasteiger partial charge in [-0.05, 0) is 68.9 Å². The molecule has 2 amide bonds. The predicted octanol–water partition coefficient (Wildman–Crippen LogP) is 3.54. The first-order chi connectivity index (χ1) is 17.6. The normalized spacial score (nSPS) is 18.0. The monoisotopic (exact) mass is 493 g/mol. The molecule has 0 saturated carbocycles. The fourth-order valence-electron chi connectivity index (χ4n) is 5.18. The number of likely N-dealkylation sites (tertiary alicyclic amines) is 1. The Balaban J connectivity index is 1.35. The third kappa shape index (κ3) is 7.43. The Bertz CT molecular complexity index is 942. The van der Waals surface area contributed by atoms with E-state index in [9.17, 15) is 9.59 Å². The summed E-state index contributed by atoms with van der Waals surface area (Å²) in [7, 11) is 0. The van der Waals surface area contributed by atoms with Crippen LogP contribution in [0.5, 0.6) is 0 Å². The molecule has 4 rings (SSSR count). The number of rotatable bonds is 9. The second-order valence-electron chi connectivity index (χ2n) is 9.80. The Morgan fingerprint density at radius 2 is 1.69 bits per heavy atom. The molecule has 36 heavy (non-hydrogen) atoms. The van der Waals surface area contributed by atoms with E-state index in [0.29, 0.717) is 25.4 Å². The summed E-state index contributed by atoms with van der Waals surface area (Å²) in [5.41, 5.74) is 2.04. The molecule has 0 aliphatic carbocycles. The number of amides is 2. The average molecular weight is 494 g/mol. The molecule has 0 bridgehead atoms. The van der Waals surface area contributed by atoms with Crippen molar-refractivity contribution in [2.75, 3.05) is 50.7 Å². The predicted molar refractivity (Wildman–Crippen MR) is 141 cm³/mol. The van der Waals surface area contributed by atoms with Crippen molar-refractivity contribution in [1.82, 2.24) is 20.1 Å². The zero-order chi connectivity index (χ0) is 25.2. The van der Waals surface area contributed by atoms with E-state index in [2.05, 4.69) is 27.0 Å². The number of alkyl carbamates (subject to hydrolysis) is 1. The number of hydrogen-bond acceptors (Lipinski definition) is 6. The Kier molecular flexibility index (Phi) is 9.55. The van der Waals surface area contributed by atoms with Gasteiger partial charge in [-0.15, -0.1) is 0 Å². The molecule has 194 valence electrons. The van der Waals surface area contributed by atoms with Crippen LogP contribution in [-0.2, 0) is 16.1 Å². The van der Waals surface area contributed by atoms with Gasteiger partial charge in [-0.3, -0.25) is 9.78 Å². The largest absolute Gasteiger partial charge is 0.445 e. The summed E-state index contributed by atoms with van der Waals surface area (Å²) in [5.74, 6) is 0.414. The maximum Gasteiger partial charge on any atom is 0.408 e. The second kappa shape index (κ2) is 13.3. The molecule has 3 heterocycles. The van der Waals surface area contributed by atoms with Gasteiger partial charge in [0.15, 0.2) is 0 Å². The molecular weight excluding hydrogens is 454 g/mol. The highest BCUT2D eigenvalue weighted by molar-refractivity contribution is 5.86. The molecule has 0 spiro atoms. The van der Waals surface area contributed by atoms with Crippen molar-refractivity contribution in [2.24, 2.45) is 5.92 Å². The van der Waals surface area contributed by atoms with E-state index in [1.54, 1.807) is 12.4 Å². The highest BCUT2D eigenvalue weighted by Crippen LogP contribution is 2.24. The highest BCUT2D eigenvalue weighted by atomic mass is 16.5. The minimum atomic E-state index is -0.566. The smallest absolute Gasteiger partial charge is 0.408 e. The summed E-state index contributed by atoms with van der Waals surface area (Å²) in [4.78, 5) is 37.1. The second-order valence-corrected chi connectivity index (χ2v) is 9.80. The molecule has 1 aromatic heterocycles. The van der Waals surface area contributed by atoms with Crippen LogP contribution in [0.15, 0.2) is 54.9 Å². The third-order valence-corrected chi connectivity index (χ3v) is 7.24. The van der Waals surface area contributed by atoms with Crippen LogP contribution < -0.4 is 10.2 Å². The van der Waals surface area contributed by atoms with Crippen molar-refractivity contribution in [1.29, 1.82) is 0 Å². The highest BCUT2D eigenvalue weighted by Gasteiger charge is 2.32. The number of carbonyl (C=O) groups excluding carboxylic acids is 2. The average Bonchev–Trinajstić information content (AvgIpc) is 2.93. The summed E-state index contributed by atoms with van der Waals surface area (Å²) in [6, 6.07) is 13.0. The maximum atomic E-state index is 13.6. The Labute approximate surface area is 214 Å². The minimum Gasteiger partial charge on any atom is -0.445 e. The molecule has 2 saturated heterocycles. The zero-order valence-corrected chi connectivity index (χ0v) is 21.3. The zero-order valence-electron chi connectivity index (χ0n) is 21.3. The first-order valence-corrected chi connectivity index (χ1v) is 13.3. The number of piperazine rings is 1. The minimum absolute atomic E-state index is 0.00275. The quantitative estimate of drug-likeness (QED) is 0.576. The molecule has 2 aromatic rings. The Morgan fingerprint density at radius 1 is 1.00 bits per heavy atom. The van der Waals surface area contributed by atoms with Crippen molar-refractivity contribution in [3.63, 3.8) is 0 Å². The van der Waals surface area contributed by atoms with Gasteiger partial charge in [0.2, 0.25) is 5.91 Å². The number of nitrogens with zero attached hydrogens (tertiary/aromatic N) is 4. The van der Waals surface area contributed by atoms with Crippen molar-refractivity contribution in [3.05, 3.63) is 60.4 Å². The summed E-state index contributed by atoms with van der Waals surface area (Å²) in [6.07, 6.45) is 6.98. The van der Waals surface area contributed by atoms with E-state index < -0.39 is 12.1 Å². The van der Waals surface area contributed by atoms with E-state index in [-0.39, 0.29) is 12.5 Å². The summed E-state index contributed by atoms with van der Waals surface area (Å²) < 4.78 is 5.47. The lowest BCUT2D eigenvalue weighted by molar-refractivity contribution is -0.134. The number of benzene rings is 1.